The van der Waals surface area contributed by atoms with Gasteiger partial charge in [-0.1, -0.05) is 60.7 Å². The van der Waals surface area contributed by atoms with Gasteiger partial charge in [0.2, 0.25) is 11.8 Å². The van der Waals surface area contributed by atoms with Crippen molar-refractivity contribution < 1.29 is 4.74 Å². The molecular formula is C34H27N5O. The van der Waals surface area contributed by atoms with Crippen LogP contribution in [0.4, 0.5) is 11.6 Å². The van der Waals surface area contributed by atoms with Crippen molar-refractivity contribution in [3.63, 3.8) is 0 Å². The first-order chi connectivity index (χ1) is 19.7. The highest BCUT2D eigenvalue weighted by Crippen LogP contribution is 2.45. The van der Waals surface area contributed by atoms with Gasteiger partial charge in [0.1, 0.15) is 16.8 Å². The molecule has 0 saturated heterocycles. The van der Waals surface area contributed by atoms with Crippen molar-refractivity contribution in [1.82, 2.24) is 14.5 Å². The first-order valence-electron chi connectivity index (χ1n) is 13.5. The van der Waals surface area contributed by atoms with Crippen LogP contribution in [0.2, 0.25) is 0 Å². The highest BCUT2D eigenvalue weighted by atomic mass is 16.5. The summed E-state index contributed by atoms with van der Waals surface area (Å²) in [4.78, 5) is 9.79. The quantitative estimate of drug-likeness (QED) is 0.229. The van der Waals surface area contributed by atoms with Gasteiger partial charge in [-0.05, 0) is 78.1 Å². The minimum Gasteiger partial charge on any atom is -0.436 e. The summed E-state index contributed by atoms with van der Waals surface area (Å²) in [7, 11) is 0. The second kappa shape index (κ2) is 9.87. The van der Waals surface area contributed by atoms with Crippen LogP contribution in [0.25, 0.3) is 21.8 Å². The lowest BCUT2D eigenvalue weighted by Gasteiger charge is -2.15. The van der Waals surface area contributed by atoms with Crippen molar-refractivity contribution in [2.24, 2.45) is 0 Å². The third kappa shape index (κ3) is 4.52. The molecular weight excluding hydrogens is 494 g/mol. The van der Waals surface area contributed by atoms with Crippen LogP contribution >= 0.6 is 0 Å². The van der Waals surface area contributed by atoms with Gasteiger partial charge in [-0.2, -0.15) is 10.2 Å². The van der Waals surface area contributed by atoms with E-state index in [1.165, 1.54) is 29.4 Å². The van der Waals surface area contributed by atoms with E-state index in [-0.39, 0.29) is 0 Å². The maximum atomic E-state index is 9.16. The van der Waals surface area contributed by atoms with Crippen LogP contribution in [-0.4, -0.2) is 14.5 Å². The van der Waals surface area contributed by atoms with E-state index >= 15 is 0 Å². The number of nitrogens with one attached hydrogen (secondary N) is 1. The summed E-state index contributed by atoms with van der Waals surface area (Å²) in [6.45, 7) is 2.74. The van der Waals surface area contributed by atoms with E-state index in [1.807, 2.05) is 18.2 Å². The van der Waals surface area contributed by atoms with Crippen LogP contribution in [0.1, 0.15) is 41.0 Å². The molecule has 0 unspecified atom stereocenters. The molecule has 4 aromatic carbocycles. The third-order valence-electron chi connectivity index (χ3n) is 7.47. The second-order valence-electron chi connectivity index (χ2n) is 10.4. The lowest BCUT2D eigenvalue weighted by Crippen LogP contribution is -2.04. The van der Waals surface area contributed by atoms with E-state index in [4.69, 9.17) is 20.0 Å². The maximum absolute atomic E-state index is 9.16. The molecule has 6 aromatic rings. The molecule has 0 amide bonds. The molecule has 7 rings (SSSR count). The summed E-state index contributed by atoms with van der Waals surface area (Å²) in [6, 6.07) is 32.5. The van der Waals surface area contributed by atoms with E-state index in [1.54, 1.807) is 12.1 Å². The largest absolute Gasteiger partial charge is 0.436 e. The van der Waals surface area contributed by atoms with Crippen molar-refractivity contribution in [2.45, 2.75) is 32.2 Å². The lowest BCUT2D eigenvalue weighted by molar-refractivity contribution is 0.471. The van der Waals surface area contributed by atoms with Gasteiger partial charge in [-0.15, -0.1) is 0 Å². The van der Waals surface area contributed by atoms with Crippen LogP contribution in [0, 0.1) is 18.3 Å². The van der Waals surface area contributed by atoms with Crippen molar-refractivity contribution in [3.8, 4) is 17.7 Å². The van der Waals surface area contributed by atoms with Crippen LogP contribution in [0.15, 0.2) is 97.2 Å². The van der Waals surface area contributed by atoms with Crippen LogP contribution in [0.3, 0.4) is 0 Å². The number of nitrogens with zero attached hydrogens (tertiary/aromatic N) is 4. The molecule has 194 valence electrons. The van der Waals surface area contributed by atoms with Crippen molar-refractivity contribution >= 4 is 33.4 Å². The minimum atomic E-state index is 0.437. The van der Waals surface area contributed by atoms with Crippen molar-refractivity contribution in [1.29, 1.82) is 5.26 Å². The Morgan fingerprint density at radius 2 is 1.65 bits per heavy atom. The minimum absolute atomic E-state index is 0.437. The van der Waals surface area contributed by atoms with Crippen molar-refractivity contribution in [3.05, 3.63) is 119 Å². The van der Waals surface area contributed by atoms with E-state index in [0.717, 1.165) is 33.4 Å². The summed E-state index contributed by atoms with van der Waals surface area (Å²) < 4.78 is 8.88. The van der Waals surface area contributed by atoms with Crippen molar-refractivity contribution in [2.75, 3.05) is 5.32 Å². The smallest absolute Gasteiger partial charge is 0.249 e. The molecule has 1 aliphatic rings. The molecule has 0 aliphatic heterocycles. The number of benzene rings is 4. The number of anilines is 2. The standard InChI is InChI=1S/C34H27N5O/c1-22-20-39(21-24-7-3-2-4-8-24)32-31(22)37-34(36-26-15-11-23(19-35)12-16-26)38-33(32)40-30-18-17-27(25-13-14-25)28-9-5-6-10-29(28)30/h2-12,15-18,20,25H,13-14,21H2,1H3,(H,36,37,38). The fourth-order valence-corrected chi connectivity index (χ4v) is 5.35. The number of hydrogen-bond acceptors (Lipinski definition) is 5. The van der Waals surface area contributed by atoms with Gasteiger partial charge in [0.05, 0.1) is 11.6 Å². The lowest BCUT2D eigenvalue weighted by atomic mass is 10.0. The Balaban J connectivity index is 1.36. The number of ether oxygens (including phenoxy) is 1. The van der Waals surface area contributed by atoms with E-state index in [0.29, 0.717) is 29.9 Å². The Kier molecular flexibility index (Phi) is 5.90. The van der Waals surface area contributed by atoms with Gasteiger partial charge in [0.15, 0.2) is 0 Å². The van der Waals surface area contributed by atoms with Crippen LogP contribution in [-0.2, 0) is 6.54 Å². The molecule has 2 heterocycles. The number of fused-ring (bicyclic) bond motifs is 2. The van der Waals surface area contributed by atoms with Gasteiger partial charge in [0.25, 0.3) is 0 Å². The average molecular weight is 522 g/mol. The number of hydrogen-bond donors (Lipinski definition) is 1. The third-order valence-corrected chi connectivity index (χ3v) is 7.47. The predicted octanol–water partition coefficient (Wildman–Crippen LogP) is 8.23. The molecule has 1 aliphatic carbocycles. The average Bonchev–Trinajstić information content (AvgIpc) is 3.78. The zero-order valence-corrected chi connectivity index (χ0v) is 22.1. The highest BCUT2D eigenvalue weighted by molar-refractivity contribution is 5.93. The number of nitriles is 1. The Hall–Kier alpha value is -5.15. The number of aromatic nitrogens is 3. The summed E-state index contributed by atoms with van der Waals surface area (Å²) in [6.07, 6.45) is 4.60. The molecule has 0 spiro atoms. The molecule has 1 N–H and O–H groups in total. The Labute approximate surface area is 232 Å². The Bertz CT molecular complexity index is 1900. The molecule has 2 aromatic heterocycles. The number of rotatable bonds is 7. The predicted molar refractivity (Wildman–Crippen MR) is 158 cm³/mol. The molecule has 0 bridgehead atoms. The monoisotopic (exact) mass is 521 g/mol. The molecule has 6 nitrogen and oxygen atoms in total. The summed E-state index contributed by atoms with van der Waals surface area (Å²) in [5.74, 6) is 2.34. The SMILES string of the molecule is Cc1cn(Cc2ccccc2)c2c(Oc3ccc(C4CC4)c4ccccc34)nc(Nc3ccc(C#N)cc3)nc12. The topological polar surface area (TPSA) is 75.8 Å². The molecule has 0 radical (unpaired) electrons. The maximum Gasteiger partial charge on any atom is 0.249 e. The second-order valence-corrected chi connectivity index (χ2v) is 10.4. The Morgan fingerprint density at radius 3 is 2.40 bits per heavy atom. The molecule has 1 saturated carbocycles. The molecule has 40 heavy (non-hydrogen) atoms. The highest BCUT2D eigenvalue weighted by Gasteiger charge is 2.26. The zero-order valence-electron chi connectivity index (χ0n) is 22.1. The molecule has 0 atom stereocenters. The fourth-order valence-electron chi connectivity index (χ4n) is 5.35. The summed E-state index contributed by atoms with van der Waals surface area (Å²) in [5, 5.41) is 14.8. The zero-order chi connectivity index (χ0) is 27.1. The normalized spacial score (nSPS) is 12.9. The first-order valence-corrected chi connectivity index (χ1v) is 13.5. The van der Waals surface area contributed by atoms with Crippen LogP contribution < -0.4 is 10.1 Å². The fraction of sp³-hybridized carbons (Fsp3) is 0.147. The summed E-state index contributed by atoms with van der Waals surface area (Å²) in [5.41, 5.74) is 6.69. The van der Waals surface area contributed by atoms with E-state index in [9.17, 15) is 0 Å². The molecule has 6 heteroatoms. The molecule has 1 fully saturated rings. The Morgan fingerprint density at radius 1 is 0.900 bits per heavy atom. The van der Waals surface area contributed by atoms with Gasteiger partial charge < -0.3 is 14.6 Å². The number of aryl methyl sites for hydroxylation is 1. The van der Waals surface area contributed by atoms with Gasteiger partial charge in [-0.3, -0.25) is 0 Å². The summed E-state index contributed by atoms with van der Waals surface area (Å²) >= 11 is 0. The van der Waals surface area contributed by atoms with Crippen LogP contribution in [0.5, 0.6) is 11.6 Å². The first kappa shape index (κ1) is 23.9. The van der Waals surface area contributed by atoms with Gasteiger partial charge in [0, 0.05) is 23.8 Å². The van der Waals surface area contributed by atoms with Gasteiger partial charge in [-0.25, -0.2) is 4.98 Å². The van der Waals surface area contributed by atoms with Gasteiger partial charge >= 0.3 is 0 Å². The van der Waals surface area contributed by atoms with E-state index < -0.39 is 0 Å². The van der Waals surface area contributed by atoms with E-state index in [2.05, 4.69) is 89.7 Å².